The summed E-state index contributed by atoms with van der Waals surface area (Å²) in [5.41, 5.74) is 1.50. The van der Waals surface area contributed by atoms with Crippen LogP contribution in [0.1, 0.15) is 32.2 Å². The first-order valence-electron chi connectivity index (χ1n) is 7.38. The monoisotopic (exact) mass is 303 g/mol. The maximum Gasteiger partial charge on any atom is 0.105 e. The molecule has 0 unspecified atom stereocenters. The van der Waals surface area contributed by atoms with Gasteiger partial charge in [0.1, 0.15) is 5.82 Å². The van der Waals surface area contributed by atoms with Crippen LogP contribution in [0, 0.1) is 6.92 Å². The van der Waals surface area contributed by atoms with Crippen LogP contribution in [0.2, 0.25) is 0 Å². The van der Waals surface area contributed by atoms with Gasteiger partial charge < -0.3 is 9.88 Å². The Bertz CT molecular complexity index is 552. The molecular formula is C17H25N3S. The van der Waals surface area contributed by atoms with Crippen LogP contribution in [0.25, 0.3) is 0 Å². The van der Waals surface area contributed by atoms with Crippen LogP contribution < -0.4 is 5.32 Å². The van der Waals surface area contributed by atoms with Crippen molar-refractivity contribution in [3.63, 3.8) is 0 Å². The summed E-state index contributed by atoms with van der Waals surface area (Å²) >= 11 is 1.89. The van der Waals surface area contributed by atoms with E-state index < -0.39 is 0 Å². The molecule has 0 amide bonds. The van der Waals surface area contributed by atoms with Crippen molar-refractivity contribution in [1.29, 1.82) is 0 Å². The summed E-state index contributed by atoms with van der Waals surface area (Å²) in [6.07, 6.45) is 3.90. The predicted molar refractivity (Wildman–Crippen MR) is 90.7 cm³/mol. The first-order valence-corrected chi connectivity index (χ1v) is 8.37. The molecule has 3 nitrogen and oxygen atoms in total. The predicted octanol–water partition coefficient (Wildman–Crippen LogP) is 3.87. The van der Waals surface area contributed by atoms with Gasteiger partial charge in [0.05, 0.1) is 0 Å². The molecule has 0 spiro atoms. The molecule has 1 N–H and O–H groups in total. The highest BCUT2D eigenvalue weighted by atomic mass is 32.2. The molecule has 21 heavy (non-hydrogen) atoms. The van der Waals surface area contributed by atoms with Gasteiger partial charge in [-0.05, 0) is 45.4 Å². The van der Waals surface area contributed by atoms with Crippen molar-refractivity contribution in [2.24, 2.45) is 0 Å². The minimum absolute atomic E-state index is 0.163. The zero-order valence-electron chi connectivity index (χ0n) is 13.4. The number of hydrogen-bond acceptors (Lipinski definition) is 3. The number of benzene rings is 1. The summed E-state index contributed by atoms with van der Waals surface area (Å²) in [6.45, 7) is 10.5. The van der Waals surface area contributed by atoms with Crippen molar-refractivity contribution in [2.45, 2.75) is 51.2 Å². The van der Waals surface area contributed by atoms with E-state index in [0.29, 0.717) is 0 Å². The van der Waals surface area contributed by atoms with Crippen molar-refractivity contribution in [3.05, 3.63) is 48.0 Å². The molecule has 0 atom stereocenters. The Hall–Kier alpha value is -1.26. The molecule has 2 aromatic rings. The fraction of sp³-hybridized carbons (Fsp3) is 0.471. The zero-order valence-corrected chi connectivity index (χ0v) is 14.2. The molecule has 0 saturated heterocycles. The van der Waals surface area contributed by atoms with Crippen molar-refractivity contribution in [1.82, 2.24) is 14.9 Å². The van der Waals surface area contributed by atoms with Gasteiger partial charge in [0.25, 0.3) is 0 Å². The highest BCUT2D eigenvalue weighted by molar-refractivity contribution is 7.99. The first-order chi connectivity index (χ1) is 9.94. The SMILES string of the molecule is Cc1nccn1CCSc1ccc(CNC(C)(C)C)cc1. The average molecular weight is 303 g/mol. The summed E-state index contributed by atoms with van der Waals surface area (Å²) < 4.78 is 2.19. The molecule has 1 aromatic carbocycles. The summed E-state index contributed by atoms with van der Waals surface area (Å²) in [5, 5.41) is 3.51. The van der Waals surface area contributed by atoms with E-state index in [1.807, 2.05) is 31.1 Å². The number of aryl methyl sites for hydroxylation is 2. The molecule has 0 bridgehead atoms. The number of thioether (sulfide) groups is 1. The van der Waals surface area contributed by atoms with Crippen molar-refractivity contribution in [2.75, 3.05) is 5.75 Å². The molecule has 2 rings (SSSR count). The number of nitrogens with one attached hydrogen (secondary N) is 1. The molecule has 114 valence electrons. The Morgan fingerprint density at radius 1 is 1.19 bits per heavy atom. The molecule has 1 heterocycles. The Labute approximate surface area is 132 Å². The number of hydrogen-bond donors (Lipinski definition) is 1. The van der Waals surface area contributed by atoms with Crippen LogP contribution >= 0.6 is 11.8 Å². The Morgan fingerprint density at radius 3 is 2.48 bits per heavy atom. The van der Waals surface area contributed by atoms with Gasteiger partial charge in [-0.3, -0.25) is 0 Å². The molecule has 0 saturated carbocycles. The normalized spacial score (nSPS) is 11.8. The largest absolute Gasteiger partial charge is 0.334 e. The lowest BCUT2D eigenvalue weighted by molar-refractivity contribution is 0.424. The number of rotatable bonds is 6. The van der Waals surface area contributed by atoms with Crippen LogP contribution in [-0.2, 0) is 13.1 Å². The van der Waals surface area contributed by atoms with Gasteiger partial charge in [-0.15, -0.1) is 11.8 Å². The van der Waals surface area contributed by atoms with E-state index in [1.54, 1.807) is 0 Å². The standard InChI is InChI=1S/C17H25N3S/c1-14-18-9-10-20(14)11-12-21-16-7-5-15(6-8-16)13-19-17(2,3)4/h5-10,19H,11-13H2,1-4H3. The number of aromatic nitrogens is 2. The first kappa shape index (κ1) is 16.1. The fourth-order valence-electron chi connectivity index (χ4n) is 1.97. The Kier molecular flexibility index (Phi) is 5.48. The molecule has 0 aliphatic heterocycles. The number of nitrogens with zero attached hydrogens (tertiary/aromatic N) is 2. The second kappa shape index (κ2) is 7.14. The van der Waals surface area contributed by atoms with E-state index in [4.69, 9.17) is 0 Å². The van der Waals surface area contributed by atoms with Crippen LogP contribution in [-0.4, -0.2) is 20.8 Å². The highest BCUT2D eigenvalue weighted by Crippen LogP contribution is 2.19. The van der Waals surface area contributed by atoms with Gasteiger partial charge in [0, 0.05) is 41.7 Å². The van der Waals surface area contributed by atoms with Crippen molar-refractivity contribution >= 4 is 11.8 Å². The molecule has 4 heteroatoms. The van der Waals surface area contributed by atoms with Crippen LogP contribution in [0.15, 0.2) is 41.6 Å². The van der Waals surface area contributed by atoms with E-state index in [0.717, 1.165) is 24.7 Å². The van der Waals surface area contributed by atoms with Gasteiger partial charge in [-0.2, -0.15) is 0 Å². The summed E-state index contributed by atoms with van der Waals surface area (Å²) in [4.78, 5) is 5.57. The lowest BCUT2D eigenvalue weighted by Gasteiger charge is -2.20. The van der Waals surface area contributed by atoms with E-state index in [1.165, 1.54) is 10.5 Å². The van der Waals surface area contributed by atoms with Crippen LogP contribution in [0.4, 0.5) is 0 Å². The smallest absolute Gasteiger partial charge is 0.105 e. The fourth-order valence-corrected chi connectivity index (χ4v) is 2.82. The van der Waals surface area contributed by atoms with Gasteiger partial charge in [0.15, 0.2) is 0 Å². The second-order valence-corrected chi connectivity index (χ2v) is 7.43. The quantitative estimate of drug-likeness (QED) is 0.822. The molecule has 0 aliphatic rings. The molecule has 0 radical (unpaired) electrons. The second-order valence-electron chi connectivity index (χ2n) is 6.26. The third-order valence-electron chi connectivity index (χ3n) is 3.27. The molecular weight excluding hydrogens is 278 g/mol. The Balaban J connectivity index is 1.78. The van der Waals surface area contributed by atoms with Crippen molar-refractivity contribution < 1.29 is 0 Å². The molecule has 0 aliphatic carbocycles. The molecule has 0 fully saturated rings. The van der Waals surface area contributed by atoms with E-state index >= 15 is 0 Å². The van der Waals surface area contributed by atoms with E-state index in [9.17, 15) is 0 Å². The van der Waals surface area contributed by atoms with Gasteiger partial charge in [0.2, 0.25) is 0 Å². The summed E-state index contributed by atoms with van der Waals surface area (Å²) in [6, 6.07) is 8.85. The van der Waals surface area contributed by atoms with E-state index in [2.05, 4.69) is 59.9 Å². The Morgan fingerprint density at radius 2 is 1.90 bits per heavy atom. The van der Waals surface area contributed by atoms with Crippen LogP contribution in [0.3, 0.4) is 0 Å². The topological polar surface area (TPSA) is 29.9 Å². The van der Waals surface area contributed by atoms with E-state index in [-0.39, 0.29) is 5.54 Å². The zero-order chi connectivity index (χ0) is 15.3. The highest BCUT2D eigenvalue weighted by Gasteiger charge is 2.08. The van der Waals surface area contributed by atoms with Gasteiger partial charge in [-0.25, -0.2) is 4.98 Å². The third kappa shape index (κ3) is 5.56. The summed E-state index contributed by atoms with van der Waals surface area (Å²) in [5.74, 6) is 2.15. The minimum Gasteiger partial charge on any atom is -0.334 e. The number of imidazole rings is 1. The maximum absolute atomic E-state index is 4.24. The van der Waals surface area contributed by atoms with Crippen molar-refractivity contribution in [3.8, 4) is 0 Å². The lowest BCUT2D eigenvalue weighted by Crippen LogP contribution is -2.35. The summed E-state index contributed by atoms with van der Waals surface area (Å²) in [7, 11) is 0. The third-order valence-corrected chi connectivity index (χ3v) is 4.26. The minimum atomic E-state index is 0.163. The average Bonchev–Trinajstić information content (AvgIpc) is 2.83. The lowest BCUT2D eigenvalue weighted by atomic mass is 10.1. The van der Waals surface area contributed by atoms with Gasteiger partial charge in [-0.1, -0.05) is 12.1 Å². The maximum atomic E-state index is 4.24. The van der Waals surface area contributed by atoms with Crippen LogP contribution in [0.5, 0.6) is 0 Å². The molecule has 1 aromatic heterocycles. The van der Waals surface area contributed by atoms with Gasteiger partial charge >= 0.3 is 0 Å².